The van der Waals surface area contributed by atoms with Crippen LogP contribution in [0.2, 0.25) is 0 Å². The molecule has 1 atom stereocenters. The van der Waals surface area contributed by atoms with Crippen molar-refractivity contribution < 1.29 is 14.9 Å². The number of hydrogen-bond acceptors (Lipinski definition) is 5. The Morgan fingerprint density at radius 3 is 2.89 bits per heavy atom. The zero-order valence-corrected chi connectivity index (χ0v) is 10.8. The SMILES string of the molecule is CC1(C)CN(c2cccc(CO)n2)CC(CO)O1. The van der Waals surface area contributed by atoms with Gasteiger partial charge in [0, 0.05) is 13.1 Å². The Balaban J connectivity index is 2.20. The molecule has 0 bridgehead atoms. The number of ether oxygens (including phenoxy) is 1. The van der Waals surface area contributed by atoms with Crippen LogP contribution in [-0.2, 0) is 11.3 Å². The number of aromatic nitrogens is 1. The molecule has 2 N–H and O–H groups in total. The summed E-state index contributed by atoms with van der Waals surface area (Å²) in [6.07, 6.45) is -0.201. The first-order chi connectivity index (χ1) is 8.54. The average molecular weight is 252 g/mol. The Kier molecular flexibility index (Phi) is 3.85. The van der Waals surface area contributed by atoms with E-state index in [1.54, 1.807) is 6.07 Å². The van der Waals surface area contributed by atoms with Gasteiger partial charge >= 0.3 is 0 Å². The lowest BCUT2D eigenvalue weighted by molar-refractivity contribution is -0.101. The van der Waals surface area contributed by atoms with Gasteiger partial charge in [-0.1, -0.05) is 6.07 Å². The van der Waals surface area contributed by atoms with Gasteiger partial charge in [0.05, 0.1) is 30.6 Å². The minimum atomic E-state index is -0.317. The molecule has 0 amide bonds. The van der Waals surface area contributed by atoms with Gasteiger partial charge in [-0.25, -0.2) is 4.98 Å². The van der Waals surface area contributed by atoms with E-state index in [1.165, 1.54) is 0 Å². The van der Waals surface area contributed by atoms with Gasteiger partial charge in [-0.3, -0.25) is 0 Å². The van der Waals surface area contributed by atoms with E-state index in [0.717, 1.165) is 5.82 Å². The first kappa shape index (κ1) is 13.3. The summed E-state index contributed by atoms with van der Waals surface area (Å²) >= 11 is 0. The van der Waals surface area contributed by atoms with Crippen molar-refractivity contribution in [3.63, 3.8) is 0 Å². The molecule has 1 aromatic heterocycles. The molecule has 2 rings (SSSR count). The highest BCUT2D eigenvalue weighted by atomic mass is 16.5. The number of aliphatic hydroxyl groups is 2. The molecular formula is C13H20N2O3. The number of hydrogen-bond donors (Lipinski definition) is 2. The van der Waals surface area contributed by atoms with E-state index in [-0.39, 0.29) is 24.9 Å². The molecule has 1 fully saturated rings. The van der Waals surface area contributed by atoms with Crippen LogP contribution in [0.4, 0.5) is 5.82 Å². The molecule has 1 aliphatic heterocycles. The van der Waals surface area contributed by atoms with Crippen molar-refractivity contribution >= 4 is 5.82 Å². The molecule has 1 unspecified atom stereocenters. The predicted octanol–water partition coefficient (Wildman–Crippen LogP) is 0.550. The fourth-order valence-corrected chi connectivity index (χ4v) is 2.30. The summed E-state index contributed by atoms with van der Waals surface area (Å²) in [6.45, 7) is 5.26. The molecule has 0 aliphatic carbocycles. The first-order valence-corrected chi connectivity index (χ1v) is 6.14. The lowest BCUT2D eigenvalue weighted by atomic mass is 10.1. The number of aliphatic hydroxyl groups excluding tert-OH is 2. The largest absolute Gasteiger partial charge is 0.394 e. The molecule has 0 saturated carbocycles. The number of nitrogens with zero attached hydrogens (tertiary/aromatic N) is 2. The summed E-state index contributed by atoms with van der Waals surface area (Å²) in [5, 5.41) is 18.4. The summed E-state index contributed by atoms with van der Waals surface area (Å²) in [6, 6.07) is 5.58. The van der Waals surface area contributed by atoms with Crippen molar-refractivity contribution in [3.05, 3.63) is 23.9 Å². The molecule has 0 aromatic carbocycles. The first-order valence-electron chi connectivity index (χ1n) is 6.14. The highest BCUT2D eigenvalue weighted by molar-refractivity contribution is 5.40. The van der Waals surface area contributed by atoms with E-state index >= 15 is 0 Å². The highest BCUT2D eigenvalue weighted by Gasteiger charge is 2.33. The maximum Gasteiger partial charge on any atom is 0.129 e. The highest BCUT2D eigenvalue weighted by Crippen LogP contribution is 2.24. The van der Waals surface area contributed by atoms with Gasteiger partial charge in [0.1, 0.15) is 5.82 Å². The molecule has 1 aromatic rings. The van der Waals surface area contributed by atoms with E-state index in [4.69, 9.17) is 9.84 Å². The second kappa shape index (κ2) is 5.22. The number of pyridine rings is 1. The fourth-order valence-electron chi connectivity index (χ4n) is 2.30. The van der Waals surface area contributed by atoms with E-state index < -0.39 is 0 Å². The standard InChI is InChI=1S/C13H20N2O3/c1-13(2)9-15(6-11(8-17)18-13)12-5-3-4-10(7-16)14-12/h3-5,11,16-17H,6-9H2,1-2H3. The summed E-state index contributed by atoms with van der Waals surface area (Å²) in [5.74, 6) is 0.816. The van der Waals surface area contributed by atoms with Crippen LogP contribution in [0.1, 0.15) is 19.5 Å². The molecule has 2 heterocycles. The Morgan fingerprint density at radius 2 is 2.22 bits per heavy atom. The lowest BCUT2D eigenvalue weighted by Gasteiger charge is -2.42. The quantitative estimate of drug-likeness (QED) is 0.822. The molecule has 18 heavy (non-hydrogen) atoms. The summed E-state index contributed by atoms with van der Waals surface area (Å²) in [5.41, 5.74) is 0.333. The molecule has 5 nitrogen and oxygen atoms in total. The van der Waals surface area contributed by atoms with E-state index in [2.05, 4.69) is 9.88 Å². The number of rotatable bonds is 3. The molecular weight excluding hydrogens is 232 g/mol. The second-order valence-corrected chi connectivity index (χ2v) is 5.21. The molecule has 5 heteroatoms. The minimum Gasteiger partial charge on any atom is -0.394 e. The van der Waals surface area contributed by atoms with E-state index in [9.17, 15) is 5.11 Å². The monoisotopic (exact) mass is 252 g/mol. The third-order valence-corrected chi connectivity index (χ3v) is 2.96. The average Bonchev–Trinajstić information content (AvgIpc) is 2.37. The van der Waals surface area contributed by atoms with Gasteiger partial charge in [0.2, 0.25) is 0 Å². The number of anilines is 1. The smallest absolute Gasteiger partial charge is 0.129 e. The maximum absolute atomic E-state index is 9.28. The second-order valence-electron chi connectivity index (χ2n) is 5.21. The van der Waals surface area contributed by atoms with Gasteiger partial charge in [0.15, 0.2) is 0 Å². The van der Waals surface area contributed by atoms with Crippen LogP contribution in [-0.4, -0.2) is 46.6 Å². The molecule has 1 saturated heterocycles. The Hall–Kier alpha value is -1.17. The van der Waals surface area contributed by atoms with Crippen LogP contribution in [0.3, 0.4) is 0 Å². The zero-order valence-electron chi connectivity index (χ0n) is 10.8. The fraction of sp³-hybridized carbons (Fsp3) is 0.615. The third-order valence-electron chi connectivity index (χ3n) is 2.96. The van der Waals surface area contributed by atoms with Crippen LogP contribution in [0, 0.1) is 0 Å². The van der Waals surface area contributed by atoms with E-state index in [1.807, 2.05) is 26.0 Å². The van der Waals surface area contributed by atoms with Gasteiger partial charge in [-0.05, 0) is 26.0 Å². The Labute approximate surface area is 107 Å². The van der Waals surface area contributed by atoms with Crippen molar-refractivity contribution in [3.8, 4) is 0 Å². The van der Waals surface area contributed by atoms with Crippen molar-refractivity contribution in [2.45, 2.75) is 32.2 Å². The van der Waals surface area contributed by atoms with Crippen LogP contribution >= 0.6 is 0 Å². The maximum atomic E-state index is 9.28. The molecule has 0 spiro atoms. The van der Waals surface area contributed by atoms with Crippen molar-refractivity contribution in [2.24, 2.45) is 0 Å². The minimum absolute atomic E-state index is 0.000376. The van der Waals surface area contributed by atoms with Crippen molar-refractivity contribution in [1.82, 2.24) is 4.98 Å². The summed E-state index contributed by atoms with van der Waals surface area (Å²) in [4.78, 5) is 6.47. The lowest BCUT2D eigenvalue weighted by Crippen LogP contribution is -2.54. The summed E-state index contributed by atoms with van der Waals surface area (Å²) < 4.78 is 5.76. The van der Waals surface area contributed by atoms with Gasteiger partial charge in [0.25, 0.3) is 0 Å². The van der Waals surface area contributed by atoms with Gasteiger partial charge < -0.3 is 19.8 Å². The van der Waals surface area contributed by atoms with Crippen molar-refractivity contribution in [1.29, 1.82) is 0 Å². The normalized spacial score (nSPS) is 23.1. The van der Waals surface area contributed by atoms with Gasteiger partial charge in [-0.2, -0.15) is 0 Å². The van der Waals surface area contributed by atoms with E-state index in [0.29, 0.717) is 18.8 Å². The zero-order chi connectivity index (χ0) is 13.2. The van der Waals surface area contributed by atoms with Crippen LogP contribution in [0.5, 0.6) is 0 Å². The van der Waals surface area contributed by atoms with Gasteiger partial charge in [-0.15, -0.1) is 0 Å². The van der Waals surface area contributed by atoms with Crippen molar-refractivity contribution in [2.75, 3.05) is 24.6 Å². The van der Waals surface area contributed by atoms with Crippen LogP contribution in [0.15, 0.2) is 18.2 Å². The number of morpholine rings is 1. The van der Waals surface area contributed by atoms with Crippen LogP contribution in [0.25, 0.3) is 0 Å². The Morgan fingerprint density at radius 1 is 1.44 bits per heavy atom. The van der Waals surface area contributed by atoms with Crippen LogP contribution < -0.4 is 4.90 Å². The molecule has 0 radical (unpaired) electrons. The summed E-state index contributed by atoms with van der Waals surface area (Å²) in [7, 11) is 0. The molecule has 1 aliphatic rings. The molecule has 100 valence electrons. The third kappa shape index (κ3) is 2.98. The Bertz CT molecular complexity index is 409. The predicted molar refractivity (Wildman–Crippen MR) is 68.4 cm³/mol. The topological polar surface area (TPSA) is 65.8 Å².